The van der Waals surface area contributed by atoms with Gasteiger partial charge < -0.3 is 10.6 Å². The van der Waals surface area contributed by atoms with Crippen LogP contribution in [0.2, 0.25) is 0 Å². The molecule has 0 bridgehead atoms. The molecule has 1 aliphatic rings. The summed E-state index contributed by atoms with van der Waals surface area (Å²) in [4.78, 5) is 2.66. The van der Waals surface area contributed by atoms with Crippen molar-refractivity contribution in [1.29, 1.82) is 0 Å². The fourth-order valence-electron chi connectivity index (χ4n) is 1.84. The van der Waals surface area contributed by atoms with Crippen molar-refractivity contribution < 1.29 is 0 Å². The van der Waals surface area contributed by atoms with Gasteiger partial charge in [-0.05, 0) is 26.0 Å². The van der Waals surface area contributed by atoms with Gasteiger partial charge in [0.1, 0.15) is 12.0 Å². The molecule has 17 heavy (non-hydrogen) atoms. The molecule has 0 fully saturated rings. The van der Waals surface area contributed by atoms with Crippen LogP contribution in [-0.2, 0) is 0 Å². The van der Waals surface area contributed by atoms with E-state index in [0.717, 1.165) is 17.1 Å². The summed E-state index contributed by atoms with van der Waals surface area (Å²) in [6.45, 7) is 4.07. The van der Waals surface area contributed by atoms with Gasteiger partial charge in [0, 0.05) is 23.0 Å². The zero-order valence-electron chi connectivity index (χ0n) is 9.92. The van der Waals surface area contributed by atoms with Gasteiger partial charge in [-0.1, -0.05) is 18.2 Å². The van der Waals surface area contributed by atoms with E-state index in [2.05, 4.69) is 20.8 Å². The van der Waals surface area contributed by atoms with Gasteiger partial charge in [0.2, 0.25) is 0 Å². The molecule has 2 atom stereocenters. The van der Waals surface area contributed by atoms with E-state index in [-0.39, 0.29) is 12.3 Å². The SMILES string of the molecule is CC1=C(NCl)N[C@H](C)NC1Nc1ccccc1. The average Bonchev–Trinajstić information content (AvgIpc) is 2.34. The van der Waals surface area contributed by atoms with Crippen LogP contribution in [0.25, 0.3) is 0 Å². The van der Waals surface area contributed by atoms with E-state index in [0.29, 0.717) is 0 Å². The van der Waals surface area contributed by atoms with Gasteiger partial charge >= 0.3 is 0 Å². The van der Waals surface area contributed by atoms with Crippen molar-refractivity contribution in [3.05, 3.63) is 41.7 Å². The molecule has 1 aromatic carbocycles. The number of halogens is 1. The Morgan fingerprint density at radius 3 is 2.59 bits per heavy atom. The Morgan fingerprint density at radius 1 is 1.24 bits per heavy atom. The normalized spacial score (nSPS) is 24.2. The fraction of sp³-hybridized carbons (Fsp3) is 0.333. The largest absolute Gasteiger partial charge is 0.366 e. The van der Waals surface area contributed by atoms with E-state index in [4.69, 9.17) is 11.8 Å². The van der Waals surface area contributed by atoms with E-state index in [1.165, 1.54) is 0 Å². The quantitative estimate of drug-likeness (QED) is 0.621. The van der Waals surface area contributed by atoms with E-state index >= 15 is 0 Å². The molecule has 0 aliphatic carbocycles. The lowest BCUT2D eigenvalue weighted by molar-refractivity contribution is 0.420. The number of rotatable bonds is 3. The Bertz CT molecular complexity index is 404. The van der Waals surface area contributed by atoms with Gasteiger partial charge in [-0.25, -0.2) is 0 Å². The number of hydrogen-bond acceptors (Lipinski definition) is 4. The Morgan fingerprint density at radius 2 is 1.94 bits per heavy atom. The number of nitrogens with one attached hydrogen (secondary N) is 4. The summed E-state index contributed by atoms with van der Waals surface area (Å²) in [7, 11) is 0. The molecular formula is C12H17ClN4. The Hall–Kier alpha value is -1.39. The summed E-state index contributed by atoms with van der Waals surface area (Å²) in [6.07, 6.45) is 0.219. The number of hydrogen-bond donors (Lipinski definition) is 4. The van der Waals surface area contributed by atoms with E-state index in [1.807, 2.05) is 44.2 Å². The zero-order chi connectivity index (χ0) is 12.3. The summed E-state index contributed by atoms with van der Waals surface area (Å²) >= 11 is 5.68. The van der Waals surface area contributed by atoms with Crippen LogP contribution >= 0.6 is 11.8 Å². The topological polar surface area (TPSA) is 48.1 Å². The number of benzene rings is 1. The van der Waals surface area contributed by atoms with Gasteiger partial charge in [-0.2, -0.15) is 0 Å². The first-order valence-electron chi connectivity index (χ1n) is 5.62. The van der Waals surface area contributed by atoms with Crippen LogP contribution < -0.4 is 20.8 Å². The highest BCUT2D eigenvalue weighted by molar-refractivity contribution is 6.14. The molecule has 0 saturated carbocycles. The minimum atomic E-state index is 0.0647. The van der Waals surface area contributed by atoms with Crippen molar-refractivity contribution in [2.75, 3.05) is 5.32 Å². The second-order valence-electron chi connectivity index (χ2n) is 4.13. The summed E-state index contributed by atoms with van der Waals surface area (Å²) in [5.74, 6) is 0.853. The monoisotopic (exact) mass is 252 g/mol. The molecule has 1 aliphatic heterocycles. The van der Waals surface area contributed by atoms with Crippen molar-refractivity contribution in [2.24, 2.45) is 0 Å². The number of anilines is 1. The molecule has 0 amide bonds. The Kier molecular flexibility index (Phi) is 3.76. The van der Waals surface area contributed by atoms with Crippen LogP contribution in [0.1, 0.15) is 13.8 Å². The van der Waals surface area contributed by atoms with Gasteiger partial charge in [-0.3, -0.25) is 10.2 Å². The molecule has 4 nitrogen and oxygen atoms in total. The maximum absolute atomic E-state index is 5.68. The molecule has 1 unspecified atom stereocenters. The van der Waals surface area contributed by atoms with Gasteiger partial charge in [0.25, 0.3) is 0 Å². The minimum absolute atomic E-state index is 0.0647. The lowest BCUT2D eigenvalue weighted by Gasteiger charge is -2.34. The van der Waals surface area contributed by atoms with Crippen molar-refractivity contribution >= 4 is 17.5 Å². The summed E-state index contributed by atoms with van der Waals surface area (Å²) in [5.41, 5.74) is 2.18. The van der Waals surface area contributed by atoms with Gasteiger partial charge in [0.05, 0.1) is 6.17 Å². The Labute approximate surface area is 107 Å². The molecule has 0 saturated heterocycles. The van der Waals surface area contributed by atoms with Crippen molar-refractivity contribution in [1.82, 2.24) is 15.5 Å². The molecule has 0 spiro atoms. The predicted octanol–water partition coefficient (Wildman–Crippen LogP) is 1.94. The van der Waals surface area contributed by atoms with E-state index in [1.54, 1.807) is 0 Å². The van der Waals surface area contributed by atoms with Crippen molar-refractivity contribution in [2.45, 2.75) is 26.2 Å². The second kappa shape index (κ2) is 5.29. The highest BCUT2D eigenvalue weighted by Crippen LogP contribution is 2.15. The molecule has 4 N–H and O–H groups in total. The van der Waals surface area contributed by atoms with Crippen LogP contribution in [0.4, 0.5) is 5.69 Å². The minimum Gasteiger partial charge on any atom is -0.366 e. The van der Waals surface area contributed by atoms with Crippen molar-refractivity contribution in [3.8, 4) is 0 Å². The van der Waals surface area contributed by atoms with E-state index in [9.17, 15) is 0 Å². The highest BCUT2D eigenvalue weighted by atomic mass is 35.5. The highest BCUT2D eigenvalue weighted by Gasteiger charge is 2.22. The third-order valence-corrected chi connectivity index (χ3v) is 2.97. The maximum atomic E-state index is 5.68. The zero-order valence-corrected chi connectivity index (χ0v) is 10.7. The fourth-order valence-corrected chi connectivity index (χ4v) is 2.05. The lowest BCUT2D eigenvalue weighted by Crippen LogP contribution is -2.55. The molecule has 1 aromatic rings. The maximum Gasteiger partial charge on any atom is 0.117 e. The summed E-state index contributed by atoms with van der Waals surface area (Å²) < 4.78 is 0. The summed E-state index contributed by atoms with van der Waals surface area (Å²) in [6, 6.07) is 10.1. The molecular weight excluding hydrogens is 236 g/mol. The molecule has 5 heteroatoms. The second-order valence-corrected chi connectivity index (χ2v) is 4.32. The van der Waals surface area contributed by atoms with Crippen LogP contribution in [0.3, 0.4) is 0 Å². The van der Waals surface area contributed by atoms with Crippen LogP contribution in [0.5, 0.6) is 0 Å². The molecule has 2 rings (SSSR count). The molecule has 0 aromatic heterocycles. The number of para-hydroxylation sites is 1. The molecule has 1 heterocycles. The first-order chi connectivity index (χ1) is 8.20. The molecule has 92 valence electrons. The third-order valence-electron chi connectivity index (χ3n) is 2.78. The van der Waals surface area contributed by atoms with Gasteiger partial charge in [0.15, 0.2) is 0 Å². The Balaban J connectivity index is 2.15. The van der Waals surface area contributed by atoms with E-state index < -0.39 is 0 Å². The van der Waals surface area contributed by atoms with Gasteiger partial charge in [-0.15, -0.1) is 0 Å². The lowest BCUT2D eigenvalue weighted by atomic mass is 10.1. The van der Waals surface area contributed by atoms with Crippen LogP contribution in [0.15, 0.2) is 41.7 Å². The van der Waals surface area contributed by atoms with Crippen LogP contribution in [0, 0.1) is 0 Å². The predicted molar refractivity (Wildman–Crippen MR) is 71.3 cm³/mol. The third kappa shape index (κ3) is 2.84. The van der Waals surface area contributed by atoms with Crippen LogP contribution in [-0.4, -0.2) is 12.3 Å². The smallest absolute Gasteiger partial charge is 0.117 e. The summed E-state index contributed by atoms with van der Waals surface area (Å²) in [5, 5.41) is 10.0. The first kappa shape index (κ1) is 12.1. The standard InChI is InChI=1S/C12H17ClN4/c1-8-11(14-9(2)15-12(8)17-13)16-10-6-4-3-5-7-10/h3-7,9,11,14-17H,1-2H3/t9-,11?/m1/s1. The average molecular weight is 253 g/mol. The van der Waals surface area contributed by atoms with Crippen molar-refractivity contribution in [3.63, 3.8) is 0 Å². The molecule has 0 radical (unpaired) electrons. The first-order valence-corrected chi connectivity index (χ1v) is 6.00.